The van der Waals surface area contributed by atoms with Crippen LogP contribution in [-0.4, -0.2) is 45.8 Å². The average molecular weight is 423 g/mol. The summed E-state index contributed by atoms with van der Waals surface area (Å²) in [6.07, 6.45) is 14.6. The maximum atomic E-state index is 12.2. The zero-order valence-corrected chi connectivity index (χ0v) is 19.8. The summed E-state index contributed by atoms with van der Waals surface area (Å²) in [5, 5.41) is 0. The lowest BCUT2D eigenvalue weighted by molar-refractivity contribution is -0.117. The first-order valence-electron chi connectivity index (χ1n) is 11.3. The highest BCUT2D eigenvalue weighted by molar-refractivity contribution is 5.79. The fraction of sp³-hybridized carbons (Fsp3) is 0.462. The SMILES string of the molecule is CCN(C)/C(C=C(C)C)=C(/c1cc[nH]c1C)N(C=O)C1CCCCC1.c1ccncc1. The summed E-state index contributed by atoms with van der Waals surface area (Å²) in [5.41, 5.74) is 5.59. The average Bonchev–Trinajstić information content (AvgIpc) is 3.23. The number of allylic oxidation sites excluding steroid dienone is 2. The van der Waals surface area contributed by atoms with Crippen molar-refractivity contribution >= 4 is 12.1 Å². The van der Waals surface area contributed by atoms with Gasteiger partial charge in [-0.2, -0.15) is 0 Å². The second-order valence-electron chi connectivity index (χ2n) is 8.32. The van der Waals surface area contributed by atoms with Crippen LogP contribution >= 0.6 is 0 Å². The maximum Gasteiger partial charge on any atom is 0.214 e. The molecule has 1 aliphatic carbocycles. The number of carbonyl (C=O) groups is 1. The molecule has 1 saturated carbocycles. The highest BCUT2D eigenvalue weighted by Gasteiger charge is 2.27. The molecule has 0 aliphatic heterocycles. The fourth-order valence-corrected chi connectivity index (χ4v) is 3.91. The first-order chi connectivity index (χ1) is 15.0. The van der Waals surface area contributed by atoms with Crippen LogP contribution in [0.1, 0.15) is 64.1 Å². The molecule has 0 saturated heterocycles. The Bertz CT molecular complexity index is 817. The molecule has 1 amide bonds. The molecule has 2 aromatic rings. The first kappa shape index (κ1) is 24.4. The minimum Gasteiger partial charge on any atom is -0.373 e. The van der Waals surface area contributed by atoms with E-state index in [9.17, 15) is 4.79 Å². The zero-order valence-electron chi connectivity index (χ0n) is 19.8. The van der Waals surface area contributed by atoms with E-state index in [1.165, 1.54) is 24.8 Å². The third kappa shape index (κ3) is 7.12. The predicted octanol–water partition coefficient (Wildman–Crippen LogP) is 5.78. The van der Waals surface area contributed by atoms with Crippen LogP contribution in [0.3, 0.4) is 0 Å². The van der Waals surface area contributed by atoms with E-state index in [2.05, 4.69) is 61.8 Å². The van der Waals surface area contributed by atoms with Gasteiger partial charge in [-0.1, -0.05) is 30.9 Å². The number of hydrogen-bond acceptors (Lipinski definition) is 3. The smallest absolute Gasteiger partial charge is 0.214 e. The van der Waals surface area contributed by atoms with Crippen molar-refractivity contribution in [1.82, 2.24) is 19.8 Å². The van der Waals surface area contributed by atoms with E-state index < -0.39 is 0 Å². The Balaban J connectivity index is 0.000000488. The fourth-order valence-electron chi connectivity index (χ4n) is 3.91. The summed E-state index contributed by atoms with van der Waals surface area (Å²) >= 11 is 0. The molecule has 31 heavy (non-hydrogen) atoms. The van der Waals surface area contributed by atoms with Gasteiger partial charge in [-0.3, -0.25) is 9.78 Å². The second-order valence-corrected chi connectivity index (χ2v) is 8.32. The van der Waals surface area contributed by atoms with Gasteiger partial charge in [-0.15, -0.1) is 0 Å². The number of H-pyrrole nitrogens is 1. The van der Waals surface area contributed by atoms with Gasteiger partial charge in [0.2, 0.25) is 6.41 Å². The molecule has 3 rings (SSSR count). The Morgan fingerprint density at radius 2 is 1.84 bits per heavy atom. The van der Waals surface area contributed by atoms with Crippen molar-refractivity contribution < 1.29 is 4.79 Å². The molecule has 0 radical (unpaired) electrons. The molecule has 0 unspecified atom stereocenters. The van der Waals surface area contributed by atoms with Gasteiger partial charge in [-0.05, 0) is 64.8 Å². The number of aromatic nitrogens is 2. The number of nitrogens with zero attached hydrogens (tertiary/aromatic N) is 3. The van der Waals surface area contributed by atoms with Gasteiger partial charge < -0.3 is 14.8 Å². The molecule has 1 fully saturated rings. The van der Waals surface area contributed by atoms with Gasteiger partial charge in [0.15, 0.2) is 0 Å². The van der Waals surface area contributed by atoms with Crippen LogP contribution in [0, 0.1) is 6.92 Å². The Labute approximate surface area is 187 Å². The van der Waals surface area contributed by atoms with E-state index in [1.807, 2.05) is 29.3 Å². The van der Waals surface area contributed by atoms with Crippen LogP contribution in [0.15, 0.2) is 60.2 Å². The number of likely N-dealkylation sites (N-methyl/N-ethyl adjacent to an activating group) is 1. The molecule has 1 aliphatic rings. The van der Waals surface area contributed by atoms with Crippen molar-refractivity contribution in [2.24, 2.45) is 0 Å². The van der Waals surface area contributed by atoms with Crippen molar-refractivity contribution in [3.8, 4) is 0 Å². The number of rotatable bonds is 7. The molecule has 1 N–H and O–H groups in total. The second kappa shape index (κ2) is 12.8. The Kier molecular flexibility index (Phi) is 10.1. The molecule has 0 bridgehead atoms. The van der Waals surface area contributed by atoms with Crippen molar-refractivity contribution in [2.45, 2.75) is 65.8 Å². The van der Waals surface area contributed by atoms with E-state index in [1.54, 1.807) is 12.4 Å². The molecule has 2 heterocycles. The summed E-state index contributed by atoms with van der Waals surface area (Å²) in [7, 11) is 2.10. The lowest BCUT2D eigenvalue weighted by atomic mass is 9.93. The van der Waals surface area contributed by atoms with Crippen molar-refractivity contribution in [3.05, 3.63) is 71.5 Å². The van der Waals surface area contributed by atoms with Crippen LogP contribution in [0.25, 0.3) is 5.70 Å². The van der Waals surface area contributed by atoms with Gasteiger partial charge in [-0.25, -0.2) is 0 Å². The van der Waals surface area contributed by atoms with Gasteiger partial charge >= 0.3 is 0 Å². The minimum absolute atomic E-state index is 0.293. The molecule has 168 valence electrons. The standard InChI is InChI=1S/C21H33N3O.C5H5N/c1-6-23(5)20(14-16(2)3)21(19-12-13-22-17(19)4)24(15-25)18-10-8-7-9-11-18;1-2-4-6-5-3-1/h12-15,18,22H,6-11H2,1-5H3;1-5H/b21-20-;. The lowest BCUT2D eigenvalue weighted by Gasteiger charge is -2.36. The van der Waals surface area contributed by atoms with E-state index in [0.717, 1.165) is 48.4 Å². The highest BCUT2D eigenvalue weighted by atomic mass is 16.1. The number of amides is 1. The monoisotopic (exact) mass is 422 g/mol. The highest BCUT2D eigenvalue weighted by Crippen LogP contribution is 2.33. The normalized spacial score (nSPS) is 14.6. The van der Waals surface area contributed by atoms with Crippen LogP contribution in [0.2, 0.25) is 0 Å². The molecule has 0 atom stereocenters. The van der Waals surface area contributed by atoms with Crippen LogP contribution in [0.5, 0.6) is 0 Å². The number of aromatic amines is 1. The van der Waals surface area contributed by atoms with Gasteiger partial charge in [0, 0.05) is 49.5 Å². The quantitative estimate of drug-likeness (QED) is 0.454. The zero-order chi connectivity index (χ0) is 22.6. The summed E-state index contributed by atoms with van der Waals surface area (Å²) < 4.78 is 0. The Morgan fingerprint density at radius 3 is 2.26 bits per heavy atom. The lowest BCUT2D eigenvalue weighted by Crippen LogP contribution is -2.36. The third-order valence-electron chi connectivity index (χ3n) is 5.67. The molecule has 5 nitrogen and oxygen atoms in total. The van der Waals surface area contributed by atoms with Crippen molar-refractivity contribution in [2.75, 3.05) is 13.6 Å². The summed E-state index contributed by atoms with van der Waals surface area (Å²) in [6, 6.07) is 8.10. The number of carbonyl (C=O) groups excluding carboxylic acids is 1. The molecule has 0 spiro atoms. The third-order valence-corrected chi connectivity index (χ3v) is 5.67. The van der Waals surface area contributed by atoms with Crippen LogP contribution < -0.4 is 0 Å². The topological polar surface area (TPSA) is 52.2 Å². The van der Waals surface area contributed by atoms with Crippen molar-refractivity contribution in [1.29, 1.82) is 0 Å². The summed E-state index contributed by atoms with van der Waals surface area (Å²) in [5.74, 6) is 0. The minimum atomic E-state index is 0.293. The van der Waals surface area contributed by atoms with E-state index in [4.69, 9.17) is 0 Å². The molecule has 0 aromatic carbocycles. The number of hydrogen-bond donors (Lipinski definition) is 1. The van der Waals surface area contributed by atoms with Gasteiger partial charge in [0.05, 0.1) is 11.4 Å². The summed E-state index contributed by atoms with van der Waals surface area (Å²) in [6.45, 7) is 9.33. The van der Waals surface area contributed by atoms with Crippen molar-refractivity contribution in [3.63, 3.8) is 0 Å². The Hall–Kier alpha value is -2.82. The largest absolute Gasteiger partial charge is 0.373 e. The number of nitrogens with one attached hydrogen (secondary N) is 1. The van der Waals surface area contributed by atoms with Crippen LogP contribution in [0.4, 0.5) is 0 Å². The van der Waals surface area contributed by atoms with E-state index in [-0.39, 0.29) is 0 Å². The van der Waals surface area contributed by atoms with Gasteiger partial charge in [0.25, 0.3) is 0 Å². The molecule has 5 heteroatoms. The number of aryl methyl sites for hydroxylation is 1. The summed E-state index contributed by atoms with van der Waals surface area (Å²) in [4.78, 5) is 23.5. The van der Waals surface area contributed by atoms with E-state index >= 15 is 0 Å². The molecule has 2 aromatic heterocycles. The van der Waals surface area contributed by atoms with Crippen LogP contribution in [-0.2, 0) is 4.79 Å². The first-order valence-corrected chi connectivity index (χ1v) is 11.3. The van der Waals surface area contributed by atoms with Gasteiger partial charge in [0.1, 0.15) is 0 Å². The Morgan fingerprint density at radius 1 is 1.16 bits per heavy atom. The predicted molar refractivity (Wildman–Crippen MR) is 129 cm³/mol. The maximum absolute atomic E-state index is 12.2. The van der Waals surface area contributed by atoms with E-state index in [0.29, 0.717) is 6.04 Å². The molecular formula is C26H38N4O. The number of pyridine rings is 1. The molecular weight excluding hydrogens is 384 g/mol.